The Labute approximate surface area is 126 Å². The summed E-state index contributed by atoms with van der Waals surface area (Å²) < 4.78 is 5.38. The SMILES string of the molecule is C=CCOc1ccc(C(=O)NC2CCCNC2)cc1.Cl. The van der Waals surface area contributed by atoms with E-state index in [-0.39, 0.29) is 24.4 Å². The summed E-state index contributed by atoms with van der Waals surface area (Å²) in [5.74, 6) is 0.722. The van der Waals surface area contributed by atoms with Gasteiger partial charge in [0.1, 0.15) is 12.4 Å². The largest absolute Gasteiger partial charge is 0.490 e. The third-order valence-electron chi connectivity index (χ3n) is 3.12. The second kappa shape index (κ2) is 8.61. The number of carbonyl (C=O) groups excluding carboxylic acids is 1. The molecule has 2 rings (SSSR count). The lowest BCUT2D eigenvalue weighted by atomic mass is 10.1. The van der Waals surface area contributed by atoms with Gasteiger partial charge in [-0.05, 0) is 43.7 Å². The van der Waals surface area contributed by atoms with Crippen molar-refractivity contribution in [2.75, 3.05) is 19.7 Å². The Morgan fingerprint density at radius 1 is 1.45 bits per heavy atom. The van der Waals surface area contributed by atoms with Gasteiger partial charge in [0.2, 0.25) is 0 Å². The average molecular weight is 297 g/mol. The fourth-order valence-electron chi connectivity index (χ4n) is 2.10. The van der Waals surface area contributed by atoms with Crippen LogP contribution in [-0.4, -0.2) is 31.6 Å². The van der Waals surface area contributed by atoms with Gasteiger partial charge in [-0.3, -0.25) is 4.79 Å². The summed E-state index contributed by atoms with van der Waals surface area (Å²) in [6, 6.07) is 7.40. The van der Waals surface area contributed by atoms with E-state index in [1.165, 1.54) is 0 Å². The summed E-state index contributed by atoms with van der Waals surface area (Å²) in [6.07, 6.45) is 3.84. The van der Waals surface area contributed by atoms with E-state index < -0.39 is 0 Å². The van der Waals surface area contributed by atoms with Gasteiger partial charge in [-0.25, -0.2) is 0 Å². The van der Waals surface area contributed by atoms with Gasteiger partial charge in [-0.1, -0.05) is 12.7 Å². The van der Waals surface area contributed by atoms with Crippen LogP contribution in [0.25, 0.3) is 0 Å². The molecule has 1 atom stereocenters. The molecule has 1 unspecified atom stereocenters. The Balaban J connectivity index is 0.00000200. The van der Waals surface area contributed by atoms with Gasteiger partial charge in [0.25, 0.3) is 5.91 Å². The number of halogens is 1. The topological polar surface area (TPSA) is 50.4 Å². The molecule has 1 amide bonds. The Bertz CT molecular complexity index is 428. The molecule has 1 aliphatic rings. The van der Waals surface area contributed by atoms with Crippen LogP contribution < -0.4 is 15.4 Å². The molecule has 0 spiro atoms. The van der Waals surface area contributed by atoms with Crippen LogP contribution in [0.5, 0.6) is 5.75 Å². The molecule has 0 aromatic heterocycles. The monoisotopic (exact) mass is 296 g/mol. The van der Waals surface area contributed by atoms with E-state index in [1.807, 2.05) is 0 Å². The number of hydrogen-bond donors (Lipinski definition) is 2. The number of benzene rings is 1. The highest BCUT2D eigenvalue weighted by atomic mass is 35.5. The van der Waals surface area contributed by atoms with Crippen LogP contribution in [0.4, 0.5) is 0 Å². The highest BCUT2D eigenvalue weighted by Crippen LogP contribution is 2.12. The maximum Gasteiger partial charge on any atom is 0.251 e. The zero-order chi connectivity index (χ0) is 13.5. The maximum atomic E-state index is 12.0. The van der Waals surface area contributed by atoms with Crippen LogP contribution in [0.1, 0.15) is 23.2 Å². The summed E-state index contributed by atoms with van der Waals surface area (Å²) in [5, 5.41) is 6.32. The minimum absolute atomic E-state index is 0. The average Bonchev–Trinajstić information content (AvgIpc) is 2.46. The molecule has 20 heavy (non-hydrogen) atoms. The molecule has 1 heterocycles. The van der Waals surface area contributed by atoms with E-state index >= 15 is 0 Å². The van der Waals surface area contributed by atoms with E-state index in [0.29, 0.717) is 12.2 Å². The molecule has 1 aromatic rings. The zero-order valence-electron chi connectivity index (χ0n) is 11.4. The number of piperidine rings is 1. The molecule has 4 nitrogen and oxygen atoms in total. The van der Waals surface area contributed by atoms with Gasteiger partial charge < -0.3 is 15.4 Å². The molecule has 1 aliphatic heterocycles. The Morgan fingerprint density at radius 2 is 2.20 bits per heavy atom. The van der Waals surface area contributed by atoms with E-state index in [0.717, 1.165) is 31.7 Å². The van der Waals surface area contributed by atoms with Crippen LogP contribution in [0.3, 0.4) is 0 Å². The fourth-order valence-corrected chi connectivity index (χ4v) is 2.10. The molecule has 1 fully saturated rings. The number of amides is 1. The predicted octanol–water partition coefficient (Wildman–Crippen LogP) is 2.16. The van der Waals surface area contributed by atoms with Gasteiger partial charge in [-0.15, -0.1) is 12.4 Å². The van der Waals surface area contributed by atoms with Crippen LogP contribution >= 0.6 is 12.4 Å². The first-order valence-corrected chi connectivity index (χ1v) is 6.65. The zero-order valence-corrected chi connectivity index (χ0v) is 12.2. The summed E-state index contributed by atoms with van der Waals surface area (Å²) in [6.45, 7) is 5.96. The fraction of sp³-hybridized carbons (Fsp3) is 0.400. The molecule has 1 saturated heterocycles. The normalized spacial score (nSPS) is 17.7. The lowest BCUT2D eigenvalue weighted by Crippen LogP contribution is -2.45. The summed E-state index contributed by atoms with van der Waals surface area (Å²) >= 11 is 0. The van der Waals surface area contributed by atoms with Crippen molar-refractivity contribution in [2.24, 2.45) is 0 Å². The highest BCUT2D eigenvalue weighted by Gasteiger charge is 2.16. The van der Waals surface area contributed by atoms with E-state index in [4.69, 9.17) is 4.74 Å². The van der Waals surface area contributed by atoms with Gasteiger partial charge in [0, 0.05) is 18.2 Å². The molecule has 1 aromatic carbocycles. The van der Waals surface area contributed by atoms with Crippen LogP contribution in [0.2, 0.25) is 0 Å². The standard InChI is InChI=1S/C15H20N2O2.ClH/c1-2-10-19-14-7-5-12(6-8-14)15(18)17-13-4-3-9-16-11-13;/h2,5-8,13,16H,1,3-4,9-11H2,(H,17,18);1H. The van der Waals surface area contributed by atoms with Crippen molar-refractivity contribution < 1.29 is 9.53 Å². The Morgan fingerprint density at radius 3 is 2.80 bits per heavy atom. The molecule has 0 aliphatic carbocycles. The molecule has 2 N–H and O–H groups in total. The third-order valence-corrected chi connectivity index (χ3v) is 3.12. The predicted molar refractivity (Wildman–Crippen MR) is 82.7 cm³/mol. The first kappa shape index (κ1) is 16.5. The maximum absolute atomic E-state index is 12.0. The molecular weight excluding hydrogens is 276 g/mol. The number of rotatable bonds is 5. The Kier molecular flexibility index (Phi) is 7.12. The minimum atomic E-state index is -0.0241. The highest BCUT2D eigenvalue weighted by molar-refractivity contribution is 5.94. The van der Waals surface area contributed by atoms with Crippen molar-refractivity contribution in [3.63, 3.8) is 0 Å². The second-order valence-electron chi connectivity index (χ2n) is 4.64. The van der Waals surface area contributed by atoms with Gasteiger partial charge in [0.05, 0.1) is 0 Å². The van der Waals surface area contributed by atoms with Gasteiger partial charge >= 0.3 is 0 Å². The van der Waals surface area contributed by atoms with Crippen molar-refractivity contribution >= 4 is 18.3 Å². The lowest BCUT2D eigenvalue weighted by molar-refractivity contribution is 0.0930. The number of hydrogen-bond acceptors (Lipinski definition) is 3. The third kappa shape index (κ3) is 4.87. The van der Waals surface area contributed by atoms with E-state index in [1.54, 1.807) is 30.3 Å². The van der Waals surface area contributed by atoms with Crippen molar-refractivity contribution in [2.45, 2.75) is 18.9 Å². The number of ether oxygens (including phenoxy) is 1. The van der Waals surface area contributed by atoms with Crippen LogP contribution in [0, 0.1) is 0 Å². The molecule has 0 saturated carbocycles. The number of carbonyl (C=O) groups is 1. The molecule has 0 radical (unpaired) electrons. The van der Waals surface area contributed by atoms with Crippen molar-refractivity contribution in [1.82, 2.24) is 10.6 Å². The van der Waals surface area contributed by atoms with Gasteiger partial charge in [0.15, 0.2) is 0 Å². The van der Waals surface area contributed by atoms with Crippen LogP contribution in [-0.2, 0) is 0 Å². The molecule has 110 valence electrons. The summed E-state index contributed by atoms with van der Waals surface area (Å²) in [7, 11) is 0. The van der Waals surface area contributed by atoms with Crippen molar-refractivity contribution in [1.29, 1.82) is 0 Å². The first-order chi connectivity index (χ1) is 9.29. The molecule has 5 heteroatoms. The van der Waals surface area contributed by atoms with Crippen molar-refractivity contribution in [3.8, 4) is 5.75 Å². The van der Waals surface area contributed by atoms with Gasteiger partial charge in [-0.2, -0.15) is 0 Å². The summed E-state index contributed by atoms with van der Waals surface area (Å²) in [5.41, 5.74) is 0.663. The second-order valence-corrected chi connectivity index (χ2v) is 4.64. The van der Waals surface area contributed by atoms with E-state index in [9.17, 15) is 4.79 Å². The van der Waals surface area contributed by atoms with Crippen molar-refractivity contribution in [3.05, 3.63) is 42.5 Å². The van der Waals surface area contributed by atoms with E-state index in [2.05, 4.69) is 17.2 Å². The molecular formula is C15H21ClN2O2. The first-order valence-electron chi connectivity index (χ1n) is 6.65. The van der Waals surface area contributed by atoms with Crippen LogP contribution in [0.15, 0.2) is 36.9 Å². The minimum Gasteiger partial charge on any atom is -0.490 e. The summed E-state index contributed by atoms with van der Waals surface area (Å²) in [4.78, 5) is 12.0. The smallest absolute Gasteiger partial charge is 0.251 e. The molecule has 0 bridgehead atoms. The quantitative estimate of drug-likeness (QED) is 0.819. The lowest BCUT2D eigenvalue weighted by Gasteiger charge is -2.23. The number of nitrogens with one attached hydrogen (secondary N) is 2. The Hall–Kier alpha value is -1.52.